The summed E-state index contributed by atoms with van der Waals surface area (Å²) in [6.07, 6.45) is 2.81. The molecule has 0 aliphatic carbocycles. The smallest absolute Gasteiger partial charge is 0.240 e. The van der Waals surface area contributed by atoms with Crippen LogP contribution in [0.15, 0.2) is 23.1 Å². The first-order chi connectivity index (χ1) is 9.01. The zero-order valence-corrected chi connectivity index (χ0v) is 13.5. The predicted octanol–water partition coefficient (Wildman–Crippen LogP) is 2.09. The molecule has 0 amide bonds. The van der Waals surface area contributed by atoms with Gasteiger partial charge in [-0.2, -0.15) is 11.8 Å². The lowest BCUT2D eigenvalue weighted by atomic mass is 10.2. The number of hydrogen-bond acceptors (Lipinski definition) is 4. The van der Waals surface area contributed by atoms with Gasteiger partial charge in [-0.25, -0.2) is 13.1 Å². The van der Waals surface area contributed by atoms with E-state index < -0.39 is 10.0 Å². The number of benzene rings is 1. The molecule has 4 nitrogen and oxygen atoms in total. The molecule has 0 aliphatic rings. The highest BCUT2D eigenvalue weighted by Gasteiger charge is 2.14. The van der Waals surface area contributed by atoms with Crippen LogP contribution in [0.2, 0.25) is 5.02 Å². The van der Waals surface area contributed by atoms with Crippen molar-refractivity contribution in [2.45, 2.75) is 17.9 Å². The first kappa shape index (κ1) is 16.8. The van der Waals surface area contributed by atoms with E-state index in [1.807, 2.05) is 6.26 Å². The Bertz CT molecular complexity index is 506. The fourth-order valence-corrected chi connectivity index (χ4v) is 3.29. The average Bonchev–Trinajstić information content (AvgIpc) is 2.37. The zero-order chi connectivity index (χ0) is 14.3. The summed E-state index contributed by atoms with van der Waals surface area (Å²) in [6, 6.07) is 4.75. The molecule has 0 heterocycles. The van der Waals surface area contributed by atoms with Crippen molar-refractivity contribution >= 4 is 33.4 Å². The first-order valence-electron chi connectivity index (χ1n) is 5.93. The normalized spacial score (nSPS) is 11.7. The van der Waals surface area contributed by atoms with Gasteiger partial charge >= 0.3 is 0 Å². The van der Waals surface area contributed by atoms with Gasteiger partial charge in [0.1, 0.15) is 0 Å². The molecule has 0 aliphatic heterocycles. The molecule has 1 aromatic rings. The van der Waals surface area contributed by atoms with Crippen LogP contribution < -0.4 is 10.0 Å². The van der Waals surface area contributed by atoms with Gasteiger partial charge in [-0.15, -0.1) is 0 Å². The second-order valence-corrected chi connectivity index (χ2v) is 7.19. The lowest BCUT2D eigenvalue weighted by Gasteiger charge is -2.09. The summed E-state index contributed by atoms with van der Waals surface area (Å²) < 4.78 is 26.8. The minimum atomic E-state index is -3.44. The van der Waals surface area contributed by atoms with E-state index in [2.05, 4.69) is 10.0 Å². The molecule has 0 saturated carbocycles. The minimum Gasteiger partial charge on any atom is -0.316 e. The molecule has 0 saturated heterocycles. The van der Waals surface area contributed by atoms with Crippen molar-refractivity contribution in [2.75, 3.05) is 25.6 Å². The summed E-state index contributed by atoms with van der Waals surface area (Å²) in [5, 5.41) is 3.53. The van der Waals surface area contributed by atoms with Crippen LogP contribution in [-0.4, -0.2) is 34.0 Å². The third-order valence-corrected chi connectivity index (χ3v) is 5.04. The Balaban J connectivity index is 2.80. The maximum Gasteiger partial charge on any atom is 0.240 e. The van der Waals surface area contributed by atoms with Crippen molar-refractivity contribution in [3.8, 4) is 0 Å². The molecular formula is C12H19ClN2O2S2. The molecule has 1 aromatic carbocycles. The van der Waals surface area contributed by atoms with E-state index in [0.29, 0.717) is 18.1 Å². The van der Waals surface area contributed by atoms with Gasteiger partial charge in [0.05, 0.1) is 4.90 Å². The highest BCUT2D eigenvalue weighted by molar-refractivity contribution is 7.98. The van der Waals surface area contributed by atoms with E-state index in [1.54, 1.807) is 30.9 Å². The molecule has 1 rings (SSSR count). The first-order valence-corrected chi connectivity index (χ1v) is 9.18. The molecule has 0 spiro atoms. The van der Waals surface area contributed by atoms with Gasteiger partial charge in [-0.1, -0.05) is 11.6 Å². The Morgan fingerprint density at radius 3 is 2.74 bits per heavy atom. The number of rotatable bonds is 8. The average molecular weight is 323 g/mol. The van der Waals surface area contributed by atoms with Gasteiger partial charge in [0.2, 0.25) is 10.0 Å². The summed E-state index contributed by atoms with van der Waals surface area (Å²) >= 11 is 7.71. The van der Waals surface area contributed by atoms with E-state index >= 15 is 0 Å². The van der Waals surface area contributed by atoms with Crippen molar-refractivity contribution in [1.29, 1.82) is 0 Å². The molecule has 7 heteroatoms. The quantitative estimate of drug-likeness (QED) is 0.720. The molecular weight excluding hydrogens is 304 g/mol. The monoisotopic (exact) mass is 322 g/mol. The van der Waals surface area contributed by atoms with Crippen LogP contribution in [0.1, 0.15) is 12.0 Å². The van der Waals surface area contributed by atoms with Crippen LogP contribution in [0.3, 0.4) is 0 Å². The zero-order valence-electron chi connectivity index (χ0n) is 11.1. The number of thioether (sulfide) groups is 1. The second kappa shape index (κ2) is 8.11. The SMILES string of the molecule is CNCc1cc(S(=O)(=O)NCCCSC)ccc1Cl. The Labute approximate surface area is 124 Å². The maximum absolute atomic E-state index is 12.1. The number of hydrogen-bond donors (Lipinski definition) is 2. The van der Waals surface area contributed by atoms with Crippen molar-refractivity contribution in [2.24, 2.45) is 0 Å². The molecule has 0 bridgehead atoms. The van der Waals surface area contributed by atoms with Crippen molar-refractivity contribution in [3.63, 3.8) is 0 Å². The summed E-state index contributed by atoms with van der Waals surface area (Å²) in [5.41, 5.74) is 0.774. The van der Waals surface area contributed by atoms with Crippen molar-refractivity contribution in [3.05, 3.63) is 28.8 Å². The van der Waals surface area contributed by atoms with Gasteiger partial charge in [-0.05, 0) is 49.2 Å². The predicted molar refractivity (Wildman–Crippen MR) is 82.4 cm³/mol. The molecule has 2 N–H and O–H groups in total. The van der Waals surface area contributed by atoms with E-state index in [4.69, 9.17) is 11.6 Å². The molecule has 0 aromatic heterocycles. The van der Waals surface area contributed by atoms with E-state index in [-0.39, 0.29) is 4.90 Å². The maximum atomic E-state index is 12.1. The third kappa shape index (κ3) is 5.31. The minimum absolute atomic E-state index is 0.256. The van der Waals surface area contributed by atoms with Crippen LogP contribution in [-0.2, 0) is 16.6 Å². The molecule has 0 radical (unpaired) electrons. The topological polar surface area (TPSA) is 58.2 Å². The lowest BCUT2D eigenvalue weighted by Crippen LogP contribution is -2.25. The van der Waals surface area contributed by atoms with E-state index in [0.717, 1.165) is 17.7 Å². The molecule has 0 atom stereocenters. The Kier molecular flexibility index (Phi) is 7.17. The van der Waals surface area contributed by atoms with Gasteiger partial charge < -0.3 is 5.32 Å². The van der Waals surface area contributed by atoms with E-state index in [1.165, 1.54) is 6.07 Å². The van der Waals surface area contributed by atoms with Crippen molar-refractivity contribution < 1.29 is 8.42 Å². The van der Waals surface area contributed by atoms with Crippen molar-refractivity contribution in [1.82, 2.24) is 10.0 Å². The number of sulfonamides is 1. The van der Waals surface area contributed by atoms with Gasteiger partial charge in [-0.3, -0.25) is 0 Å². The summed E-state index contributed by atoms with van der Waals surface area (Å²) in [6.45, 7) is 0.988. The standard InChI is InChI=1S/C12H19ClN2O2S2/c1-14-9-10-8-11(4-5-12(10)13)19(16,17)15-6-3-7-18-2/h4-5,8,14-15H,3,6-7,9H2,1-2H3. The van der Waals surface area contributed by atoms with Gasteiger partial charge in [0, 0.05) is 18.1 Å². The van der Waals surface area contributed by atoms with Gasteiger partial charge in [0.15, 0.2) is 0 Å². The molecule has 108 valence electrons. The number of halogens is 1. The third-order valence-electron chi connectivity index (χ3n) is 2.51. The highest BCUT2D eigenvalue weighted by Crippen LogP contribution is 2.20. The number of nitrogens with one attached hydrogen (secondary N) is 2. The molecule has 19 heavy (non-hydrogen) atoms. The summed E-state index contributed by atoms with van der Waals surface area (Å²) in [5.74, 6) is 0.939. The summed E-state index contributed by atoms with van der Waals surface area (Å²) in [7, 11) is -1.65. The van der Waals surface area contributed by atoms with Crippen LogP contribution in [0, 0.1) is 0 Å². The molecule has 0 unspecified atom stereocenters. The van der Waals surface area contributed by atoms with Crippen LogP contribution in [0.5, 0.6) is 0 Å². The van der Waals surface area contributed by atoms with Crippen LogP contribution in [0.4, 0.5) is 0 Å². The summed E-state index contributed by atoms with van der Waals surface area (Å²) in [4.78, 5) is 0.256. The fourth-order valence-electron chi connectivity index (χ4n) is 1.55. The fraction of sp³-hybridized carbons (Fsp3) is 0.500. The Hall–Kier alpha value is -0.270. The Morgan fingerprint density at radius 1 is 1.37 bits per heavy atom. The van der Waals surface area contributed by atoms with E-state index in [9.17, 15) is 8.42 Å². The molecule has 0 fully saturated rings. The lowest BCUT2D eigenvalue weighted by molar-refractivity contribution is 0.581. The van der Waals surface area contributed by atoms with Crippen LogP contribution in [0.25, 0.3) is 0 Å². The van der Waals surface area contributed by atoms with Gasteiger partial charge in [0.25, 0.3) is 0 Å². The second-order valence-electron chi connectivity index (χ2n) is 4.03. The highest BCUT2D eigenvalue weighted by atomic mass is 35.5. The Morgan fingerprint density at radius 2 is 2.11 bits per heavy atom. The van der Waals surface area contributed by atoms with Crippen LogP contribution >= 0.6 is 23.4 Å². The largest absolute Gasteiger partial charge is 0.316 e.